The van der Waals surface area contributed by atoms with Crippen LogP contribution in [0.25, 0.3) is 0 Å². The van der Waals surface area contributed by atoms with Crippen molar-refractivity contribution in [3.63, 3.8) is 0 Å². The molecular weight excluding hydrogens is 254 g/mol. The van der Waals surface area contributed by atoms with Gasteiger partial charge in [0.15, 0.2) is 0 Å². The van der Waals surface area contributed by atoms with E-state index in [1.165, 1.54) is 0 Å². The fraction of sp³-hybridized carbons (Fsp3) is 0.562. The minimum Gasteiger partial charge on any atom is -0.496 e. The molecule has 0 heterocycles. The molecule has 1 aromatic rings. The van der Waals surface area contributed by atoms with Crippen molar-refractivity contribution in [1.29, 1.82) is 0 Å². The molecule has 20 heavy (non-hydrogen) atoms. The van der Waals surface area contributed by atoms with Crippen LogP contribution in [0.15, 0.2) is 18.2 Å². The van der Waals surface area contributed by atoms with Crippen molar-refractivity contribution in [3.05, 3.63) is 29.3 Å². The molecule has 1 saturated carbocycles. The molecule has 1 fully saturated rings. The number of rotatable bonds is 5. The molecule has 4 heteroatoms. The first-order valence-corrected chi connectivity index (χ1v) is 7.16. The van der Waals surface area contributed by atoms with Gasteiger partial charge in [-0.05, 0) is 38.2 Å². The van der Waals surface area contributed by atoms with Crippen LogP contribution in [-0.2, 0) is 11.2 Å². The van der Waals surface area contributed by atoms with Gasteiger partial charge in [0.25, 0.3) is 0 Å². The van der Waals surface area contributed by atoms with Crippen LogP contribution in [0.3, 0.4) is 0 Å². The van der Waals surface area contributed by atoms with Crippen molar-refractivity contribution in [3.8, 4) is 5.75 Å². The van der Waals surface area contributed by atoms with Crippen molar-refractivity contribution in [1.82, 2.24) is 5.32 Å². The summed E-state index contributed by atoms with van der Waals surface area (Å²) in [6, 6.07) is 5.85. The average molecular weight is 277 g/mol. The van der Waals surface area contributed by atoms with E-state index in [-0.39, 0.29) is 12.0 Å². The number of benzene rings is 1. The molecular formula is C16H23NO3. The topological polar surface area (TPSA) is 58.6 Å². The Bertz CT molecular complexity index is 473. The third kappa shape index (κ3) is 3.97. The highest BCUT2D eigenvalue weighted by atomic mass is 16.5. The highest BCUT2D eigenvalue weighted by Crippen LogP contribution is 2.24. The number of amides is 1. The van der Waals surface area contributed by atoms with Crippen LogP contribution in [-0.4, -0.2) is 30.8 Å². The molecule has 1 aliphatic carbocycles. The average Bonchev–Trinajstić information content (AvgIpc) is 2.83. The second-order valence-electron chi connectivity index (χ2n) is 5.63. The van der Waals surface area contributed by atoms with Gasteiger partial charge in [-0.2, -0.15) is 0 Å². The Morgan fingerprint density at radius 2 is 2.25 bits per heavy atom. The molecule has 1 aromatic carbocycles. The van der Waals surface area contributed by atoms with Crippen LogP contribution in [0.1, 0.15) is 30.4 Å². The molecule has 2 unspecified atom stereocenters. The van der Waals surface area contributed by atoms with Crippen LogP contribution in [0.2, 0.25) is 0 Å². The lowest BCUT2D eigenvalue weighted by atomic mass is 10.1. The minimum absolute atomic E-state index is 0.00953. The predicted octanol–water partition coefficient (Wildman–Crippen LogP) is 1.82. The summed E-state index contributed by atoms with van der Waals surface area (Å²) < 4.78 is 5.28. The van der Waals surface area contributed by atoms with Gasteiger partial charge in [-0.15, -0.1) is 0 Å². The van der Waals surface area contributed by atoms with Crippen molar-refractivity contribution in [2.24, 2.45) is 5.92 Å². The number of hydrogen-bond donors (Lipinski definition) is 2. The van der Waals surface area contributed by atoms with E-state index >= 15 is 0 Å². The molecule has 0 spiro atoms. The molecule has 2 atom stereocenters. The molecule has 0 radical (unpaired) electrons. The number of aliphatic hydroxyl groups is 1. The Kier molecular flexibility index (Phi) is 5.01. The fourth-order valence-corrected chi connectivity index (χ4v) is 2.77. The van der Waals surface area contributed by atoms with Gasteiger partial charge in [-0.25, -0.2) is 0 Å². The molecule has 2 N–H and O–H groups in total. The zero-order valence-corrected chi connectivity index (χ0v) is 12.2. The first kappa shape index (κ1) is 14.9. The van der Waals surface area contributed by atoms with Gasteiger partial charge in [-0.3, -0.25) is 4.79 Å². The Labute approximate surface area is 120 Å². The number of carbonyl (C=O) groups excluding carboxylic acids is 1. The number of aryl methyl sites for hydroxylation is 1. The van der Waals surface area contributed by atoms with Crippen molar-refractivity contribution in [2.45, 2.75) is 38.7 Å². The van der Waals surface area contributed by atoms with E-state index in [0.717, 1.165) is 36.1 Å². The quantitative estimate of drug-likeness (QED) is 0.863. The third-order valence-electron chi connectivity index (χ3n) is 3.89. The first-order valence-electron chi connectivity index (χ1n) is 7.16. The molecule has 1 aliphatic rings. The van der Waals surface area contributed by atoms with E-state index in [9.17, 15) is 9.90 Å². The molecule has 1 amide bonds. The molecule has 2 rings (SSSR count). The predicted molar refractivity (Wildman–Crippen MR) is 77.8 cm³/mol. The van der Waals surface area contributed by atoms with Crippen LogP contribution < -0.4 is 10.1 Å². The van der Waals surface area contributed by atoms with Gasteiger partial charge in [0.05, 0.1) is 19.6 Å². The second kappa shape index (κ2) is 6.75. The van der Waals surface area contributed by atoms with Crippen molar-refractivity contribution in [2.75, 3.05) is 13.7 Å². The summed E-state index contributed by atoms with van der Waals surface area (Å²) in [4.78, 5) is 12.0. The molecule has 4 nitrogen and oxygen atoms in total. The SMILES string of the molecule is COc1ccc(C)cc1CC(=O)NCC1CCC(O)C1. The lowest BCUT2D eigenvalue weighted by Gasteiger charge is -2.12. The highest BCUT2D eigenvalue weighted by Gasteiger charge is 2.23. The number of ether oxygens (including phenoxy) is 1. The summed E-state index contributed by atoms with van der Waals surface area (Å²) in [5.74, 6) is 1.17. The second-order valence-corrected chi connectivity index (χ2v) is 5.63. The van der Waals surface area contributed by atoms with Crippen molar-refractivity contribution < 1.29 is 14.6 Å². The summed E-state index contributed by atoms with van der Waals surface area (Å²) >= 11 is 0. The number of nitrogens with one attached hydrogen (secondary N) is 1. The van der Waals surface area contributed by atoms with E-state index < -0.39 is 0 Å². The van der Waals surface area contributed by atoms with E-state index in [1.807, 2.05) is 25.1 Å². The van der Waals surface area contributed by atoms with Gasteiger partial charge in [0.2, 0.25) is 5.91 Å². The molecule has 0 aromatic heterocycles. The highest BCUT2D eigenvalue weighted by molar-refractivity contribution is 5.79. The maximum absolute atomic E-state index is 12.0. The molecule has 110 valence electrons. The Hall–Kier alpha value is -1.55. The Morgan fingerprint density at radius 3 is 2.90 bits per heavy atom. The first-order chi connectivity index (χ1) is 9.58. The van der Waals surface area contributed by atoms with Gasteiger partial charge in [0, 0.05) is 12.1 Å². The van der Waals surface area contributed by atoms with E-state index in [4.69, 9.17) is 4.74 Å². The number of methoxy groups -OCH3 is 1. The number of carbonyl (C=O) groups is 1. The molecule has 0 aliphatic heterocycles. The maximum Gasteiger partial charge on any atom is 0.224 e. The summed E-state index contributed by atoms with van der Waals surface area (Å²) in [6.45, 7) is 2.66. The van der Waals surface area contributed by atoms with Gasteiger partial charge in [-0.1, -0.05) is 17.7 Å². The zero-order chi connectivity index (χ0) is 14.5. The Morgan fingerprint density at radius 1 is 1.45 bits per heavy atom. The minimum atomic E-state index is -0.186. The van der Waals surface area contributed by atoms with E-state index in [0.29, 0.717) is 18.9 Å². The van der Waals surface area contributed by atoms with Crippen molar-refractivity contribution >= 4 is 5.91 Å². The fourth-order valence-electron chi connectivity index (χ4n) is 2.77. The smallest absolute Gasteiger partial charge is 0.224 e. The van der Waals surface area contributed by atoms with Gasteiger partial charge >= 0.3 is 0 Å². The summed E-state index contributed by atoms with van der Waals surface area (Å²) in [6.07, 6.45) is 2.80. The normalized spacial score (nSPS) is 21.8. The van der Waals surface area contributed by atoms with Crippen LogP contribution in [0, 0.1) is 12.8 Å². The summed E-state index contributed by atoms with van der Waals surface area (Å²) in [5.41, 5.74) is 2.03. The van der Waals surface area contributed by atoms with E-state index in [2.05, 4.69) is 5.32 Å². The lowest BCUT2D eigenvalue weighted by molar-refractivity contribution is -0.120. The van der Waals surface area contributed by atoms with Gasteiger partial charge < -0.3 is 15.2 Å². The summed E-state index contributed by atoms with van der Waals surface area (Å²) in [7, 11) is 1.62. The van der Waals surface area contributed by atoms with E-state index in [1.54, 1.807) is 7.11 Å². The zero-order valence-electron chi connectivity index (χ0n) is 12.2. The summed E-state index contributed by atoms with van der Waals surface area (Å²) in [5, 5.41) is 12.4. The van der Waals surface area contributed by atoms with Crippen LogP contribution in [0.5, 0.6) is 5.75 Å². The molecule has 0 bridgehead atoms. The largest absolute Gasteiger partial charge is 0.496 e. The maximum atomic E-state index is 12.0. The standard InChI is InChI=1S/C16H23NO3/c1-11-3-6-15(20-2)13(7-11)9-16(19)17-10-12-4-5-14(18)8-12/h3,6-7,12,14,18H,4-5,8-10H2,1-2H3,(H,17,19). The third-order valence-corrected chi connectivity index (χ3v) is 3.89. The number of hydrogen-bond acceptors (Lipinski definition) is 3. The molecule has 0 saturated heterocycles. The van der Waals surface area contributed by atoms with Gasteiger partial charge in [0.1, 0.15) is 5.75 Å². The van der Waals surface area contributed by atoms with Crippen LogP contribution in [0.4, 0.5) is 0 Å². The number of aliphatic hydroxyl groups excluding tert-OH is 1. The van der Waals surface area contributed by atoms with Crippen LogP contribution >= 0.6 is 0 Å². The monoisotopic (exact) mass is 277 g/mol. The lowest BCUT2D eigenvalue weighted by Crippen LogP contribution is -2.30. The Balaban J connectivity index is 1.86.